The fourth-order valence-electron chi connectivity index (χ4n) is 4.14. The quantitative estimate of drug-likeness (QED) is 0.664. The first-order valence-electron chi connectivity index (χ1n) is 9.74. The number of halogens is 1. The van der Waals surface area contributed by atoms with Gasteiger partial charge in [-0.15, -0.1) is 0 Å². The average Bonchev–Trinajstić information content (AvgIpc) is 3.43. The van der Waals surface area contributed by atoms with Crippen molar-refractivity contribution < 1.29 is 9.18 Å². The number of Topliss-reactive ketones (excluding diaryl/α,β-unsaturated/α-hetero) is 1. The summed E-state index contributed by atoms with van der Waals surface area (Å²) in [7, 11) is 0. The van der Waals surface area contributed by atoms with Crippen molar-refractivity contribution in [3.05, 3.63) is 71.2 Å². The van der Waals surface area contributed by atoms with Gasteiger partial charge in [-0.2, -0.15) is 15.0 Å². The fourth-order valence-corrected chi connectivity index (χ4v) is 4.14. The Kier molecular flexibility index (Phi) is 4.39. The zero-order chi connectivity index (χ0) is 20.8. The number of hydrogen-bond acceptors (Lipinski definition) is 7. The molecule has 1 fully saturated rings. The summed E-state index contributed by atoms with van der Waals surface area (Å²) in [6.07, 6.45) is 4.95. The molecule has 1 N–H and O–H groups in total. The van der Waals surface area contributed by atoms with E-state index in [0.29, 0.717) is 30.3 Å². The first kappa shape index (κ1) is 18.6. The van der Waals surface area contributed by atoms with Gasteiger partial charge in [0.1, 0.15) is 5.82 Å². The largest absolute Gasteiger partial charge is 0.316 e. The van der Waals surface area contributed by atoms with Gasteiger partial charge in [0.15, 0.2) is 5.78 Å². The normalized spacial score (nSPS) is 20.4. The van der Waals surface area contributed by atoms with Crippen molar-refractivity contribution in [1.29, 1.82) is 0 Å². The molecule has 0 spiro atoms. The predicted octanol–water partition coefficient (Wildman–Crippen LogP) is 1.99. The number of aryl methyl sites for hydroxylation is 2. The zero-order valence-electron chi connectivity index (χ0n) is 16.6. The minimum atomic E-state index is -0.495. The second-order valence-electron chi connectivity index (χ2n) is 7.61. The van der Waals surface area contributed by atoms with E-state index in [2.05, 4.69) is 25.5 Å². The Morgan fingerprint density at radius 1 is 1.13 bits per heavy atom. The molecular weight excluding hydrogens is 385 g/mol. The number of carbonyl (C=O) groups is 1. The summed E-state index contributed by atoms with van der Waals surface area (Å²) in [5, 5.41) is 11.4. The molecule has 4 heterocycles. The Balaban J connectivity index is 1.48. The molecule has 0 amide bonds. The smallest absolute Gasteiger partial charge is 0.229 e. The molecular formula is C21H20FN7O. The average molecular weight is 405 g/mol. The van der Waals surface area contributed by atoms with Crippen LogP contribution in [-0.2, 0) is 0 Å². The molecule has 9 heteroatoms. The summed E-state index contributed by atoms with van der Waals surface area (Å²) in [5.41, 5.74) is 3.49. The van der Waals surface area contributed by atoms with E-state index in [0.717, 1.165) is 17.0 Å². The molecule has 1 aromatic carbocycles. The van der Waals surface area contributed by atoms with Crippen molar-refractivity contribution in [2.45, 2.75) is 19.9 Å². The van der Waals surface area contributed by atoms with E-state index >= 15 is 0 Å². The Hall–Kier alpha value is -3.46. The first-order valence-corrected chi connectivity index (χ1v) is 9.74. The summed E-state index contributed by atoms with van der Waals surface area (Å²) in [5.74, 6) is 0.243. The minimum absolute atomic E-state index is 0.140. The van der Waals surface area contributed by atoms with Crippen LogP contribution < -0.4 is 10.2 Å². The van der Waals surface area contributed by atoms with Crippen LogP contribution in [-0.4, -0.2) is 49.9 Å². The molecule has 1 saturated heterocycles. The highest BCUT2D eigenvalue weighted by molar-refractivity contribution is 6.05. The van der Waals surface area contributed by atoms with Gasteiger partial charge < -0.3 is 10.2 Å². The van der Waals surface area contributed by atoms with E-state index in [-0.39, 0.29) is 11.7 Å². The number of nitrogens with zero attached hydrogens (tertiary/aromatic N) is 6. The minimum Gasteiger partial charge on any atom is -0.316 e. The molecule has 0 bridgehead atoms. The second kappa shape index (κ2) is 7.10. The van der Waals surface area contributed by atoms with Gasteiger partial charge in [-0.05, 0) is 37.6 Å². The van der Waals surface area contributed by atoms with E-state index in [1.54, 1.807) is 0 Å². The van der Waals surface area contributed by atoms with Crippen molar-refractivity contribution in [2.24, 2.45) is 5.92 Å². The van der Waals surface area contributed by atoms with Gasteiger partial charge in [0.25, 0.3) is 0 Å². The fraction of sp³-hybridized carbons (Fsp3) is 0.286. The first-order chi connectivity index (χ1) is 14.5. The summed E-state index contributed by atoms with van der Waals surface area (Å²) in [6, 6.07) is 5.49. The van der Waals surface area contributed by atoms with Crippen LogP contribution in [0.3, 0.4) is 0 Å². The van der Waals surface area contributed by atoms with Crippen LogP contribution in [0.25, 0.3) is 5.69 Å². The summed E-state index contributed by atoms with van der Waals surface area (Å²) >= 11 is 0. The van der Waals surface area contributed by atoms with Crippen LogP contribution in [0.5, 0.6) is 0 Å². The van der Waals surface area contributed by atoms with Crippen molar-refractivity contribution >= 4 is 11.7 Å². The molecule has 0 aliphatic carbocycles. The van der Waals surface area contributed by atoms with Gasteiger partial charge in [-0.1, -0.05) is 0 Å². The molecule has 2 atom stereocenters. The molecule has 3 aromatic rings. The molecule has 0 radical (unpaired) electrons. The number of aromatic nitrogens is 5. The maximum atomic E-state index is 13.9. The molecule has 8 nitrogen and oxygen atoms in total. The third-order valence-electron chi connectivity index (χ3n) is 5.44. The number of benzene rings is 1. The lowest BCUT2D eigenvalue weighted by molar-refractivity contribution is 0.0966. The molecule has 2 aromatic heterocycles. The number of rotatable bonds is 4. The molecule has 0 saturated carbocycles. The Bertz CT molecular complexity index is 1140. The SMILES string of the molecule is Cc1cc(C)nc(N2C=C3C(CNC3C(=O)c3ccc(F)cc3-n3nccn3)C2)n1. The topological polar surface area (TPSA) is 88.8 Å². The van der Waals surface area contributed by atoms with Crippen molar-refractivity contribution in [3.8, 4) is 5.69 Å². The Labute approximate surface area is 172 Å². The number of fused-ring (bicyclic) bond motifs is 1. The highest BCUT2D eigenvalue weighted by Crippen LogP contribution is 2.33. The van der Waals surface area contributed by atoms with E-state index < -0.39 is 11.9 Å². The van der Waals surface area contributed by atoms with Gasteiger partial charge in [-0.3, -0.25) is 4.79 Å². The standard InChI is InChI=1S/C21H20FN7O/c1-12-7-13(2)27-21(26-12)28-10-14-9-23-19(17(14)11-28)20(30)16-4-3-15(22)8-18(16)29-24-5-6-25-29/h3-8,11,14,19,23H,9-10H2,1-2H3. The molecule has 2 aliphatic rings. The van der Waals surface area contributed by atoms with Crippen LogP contribution in [0.4, 0.5) is 10.3 Å². The van der Waals surface area contributed by atoms with E-state index in [1.165, 1.54) is 35.4 Å². The molecule has 5 rings (SSSR count). The van der Waals surface area contributed by atoms with Gasteiger partial charge in [0.2, 0.25) is 5.95 Å². The molecule has 30 heavy (non-hydrogen) atoms. The van der Waals surface area contributed by atoms with Gasteiger partial charge >= 0.3 is 0 Å². The van der Waals surface area contributed by atoms with Crippen molar-refractivity contribution in [1.82, 2.24) is 30.3 Å². The summed E-state index contributed by atoms with van der Waals surface area (Å²) < 4.78 is 13.9. The highest BCUT2D eigenvalue weighted by atomic mass is 19.1. The van der Waals surface area contributed by atoms with Crippen molar-refractivity contribution in [2.75, 3.05) is 18.0 Å². The maximum Gasteiger partial charge on any atom is 0.229 e. The van der Waals surface area contributed by atoms with Crippen LogP contribution in [0.2, 0.25) is 0 Å². The zero-order valence-corrected chi connectivity index (χ0v) is 16.6. The van der Waals surface area contributed by atoms with Crippen LogP contribution in [0.1, 0.15) is 21.7 Å². The molecule has 2 unspecified atom stereocenters. The number of ketones is 1. The number of carbonyl (C=O) groups excluding carboxylic acids is 1. The van der Waals surface area contributed by atoms with Crippen LogP contribution >= 0.6 is 0 Å². The predicted molar refractivity (Wildman–Crippen MR) is 108 cm³/mol. The highest BCUT2D eigenvalue weighted by Gasteiger charge is 2.41. The monoisotopic (exact) mass is 405 g/mol. The van der Waals surface area contributed by atoms with E-state index in [1.807, 2.05) is 31.0 Å². The Morgan fingerprint density at radius 2 is 1.87 bits per heavy atom. The molecule has 152 valence electrons. The third-order valence-corrected chi connectivity index (χ3v) is 5.44. The van der Waals surface area contributed by atoms with Crippen LogP contribution in [0.15, 0.2) is 48.4 Å². The van der Waals surface area contributed by atoms with Crippen molar-refractivity contribution in [3.63, 3.8) is 0 Å². The maximum absolute atomic E-state index is 13.9. The Morgan fingerprint density at radius 3 is 2.60 bits per heavy atom. The van der Waals surface area contributed by atoms with E-state index in [9.17, 15) is 9.18 Å². The molecule has 2 aliphatic heterocycles. The lowest BCUT2D eigenvalue weighted by Crippen LogP contribution is -2.33. The van der Waals surface area contributed by atoms with E-state index in [4.69, 9.17) is 0 Å². The lowest BCUT2D eigenvalue weighted by atomic mass is 9.94. The lowest BCUT2D eigenvalue weighted by Gasteiger charge is -2.17. The van der Waals surface area contributed by atoms with Crippen LogP contribution in [0, 0.1) is 25.6 Å². The number of nitrogens with one attached hydrogen (secondary N) is 1. The van der Waals surface area contributed by atoms with Gasteiger partial charge in [0, 0.05) is 48.2 Å². The third kappa shape index (κ3) is 3.17. The number of anilines is 1. The van der Waals surface area contributed by atoms with Gasteiger partial charge in [0.05, 0.1) is 24.1 Å². The second-order valence-corrected chi connectivity index (χ2v) is 7.61. The summed E-state index contributed by atoms with van der Waals surface area (Å²) in [6.45, 7) is 5.27. The summed E-state index contributed by atoms with van der Waals surface area (Å²) in [4.78, 5) is 25.8. The number of hydrogen-bond donors (Lipinski definition) is 1. The van der Waals surface area contributed by atoms with Gasteiger partial charge in [-0.25, -0.2) is 14.4 Å².